The molecule has 0 amide bonds. The summed E-state index contributed by atoms with van der Waals surface area (Å²) in [5.41, 5.74) is 5.95. The van der Waals surface area contributed by atoms with Gasteiger partial charge in [-0.2, -0.15) is 0 Å². The van der Waals surface area contributed by atoms with Crippen LogP contribution in [0.2, 0.25) is 0 Å². The van der Waals surface area contributed by atoms with Crippen molar-refractivity contribution < 1.29 is 9.47 Å². The maximum absolute atomic E-state index is 5.95. The molecule has 0 aromatic heterocycles. The van der Waals surface area contributed by atoms with Gasteiger partial charge in [-0.25, -0.2) is 0 Å². The van der Waals surface area contributed by atoms with E-state index in [-0.39, 0.29) is 0 Å². The third-order valence-electron chi connectivity index (χ3n) is 3.30. The predicted octanol–water partition coefficient (Wildman–Crippen LogP) is 1.29. The van der Waals surface area contributed by atoms with Gasteiger partial charge in [-0.05, 0) is 38.6 Å². The van der Waals surface area contributed by atoms with Gasteiger partial charge in [-0.1, -0.05) is 6.42 Å². The highest BCUT2D eigenvalue weighted by Gasteiger charge is 2.17. The fraction of sp³-hybridized carbons (Fsp3) is 1.00. The van der Waals surface area contributed by atoms with Crippen LogP contribution in [-0.2, 0) is 9.47 Å². The van der Waals surface area contributed by atoms with Crippen LogP contribution < -0.4 is 11.1 Å². The molecule has 3 N–H and O–H groups in total. The molecule has 4 heteroatoms. The number of rotatable bonds is 9. The number of nitrogens with two attached hydrogens (primary N) is 1. The molecule has 102 valence electrons. The fourth-order valence-electron chi connectivity index (χ4n) is 2.29. The lowest BCUT2D eigenvalue weighted by molar-refractivity contribution is 0.0687. The molecular weight excluding hydrogens is 216 g/mol. The third-order valence-corrected chi connectivity index (χ3v) is 3.30. The number of nitrogens with one attached hydrogen (secondary N) is 1. The van der Waals surface area contributed by atoms with E-state index in [0.29, 0.717) is 25.3 Å². The monoisotopic (exact) mass is 244 g/mol. The van der Waals surface area contributed by atoms with Crippen LogP contribution in [0, 0.1) is 0 Å². The molecule has 1 aliphatic carbocycles. The smallest absolute Gasteiger partial charge is 0.0700 e. The molecule has 0 saturated heterocycles. The molecule has 0 radical (unpaired) electrons. The van der Waals surface area contributed by atoms with E-state index in [1.165, 1.54) is 25.7 Å². The highest BCUT2D eigenvalue weighted by molar-refractivity contribution is 4.79. The first-order valence-electron chi connectivity index (χ1n) is 6.88. The molecule has 0 aromatic rings. The molecule has 0 bridgehead atoms. The van der Waals surface area contributed by atoms with Gasteiger partial charge in [-0.3, -0.25) is 0 Å². The molecule has 2 unspecified atom stereocenters. The van der Waals surface area contributed by atoms with E-state index in [1.807, 2.05) is 0 Å². The quantitative estimate of drug-likeness (QED) is 0.600. The molecule has 1 saturated carbocycles. The summed E-state index contributed by atoms with van der Waals surface area (Å²) in [5.74, 6) is 0. The van der Waals surface area contributed by atoms with Gasteiger partial charge in [0, 0.05) is 25.8 Å². The second kappa shape index (κ2) is 9.83. The molecule has 0 aliphatic heterocycles. The molecule has 1 fully saturated rings. The second-order valence-electron chi connectivity index (χ2n) is 4.89. The van der Waals surface area contributed by atoms with Crippen molar-refractivity contribution in [2.24, 2.45) is 5.73 Å². The highest BCUT2D eigenvalue weighted by Crippen LogP contribution is 2.16. The lowest BCUT2D eigenvalue weighted by Gasteiger charge is -2.27. The highest BCUT2D eigenvalue weighted by atomic mass is 16.5. The van der Waals surface area contributed by atoms with Gasteiger partial charge < -0.3 is 20.5 Å². The predicted molar refractivity (Wildman–Crippen MR) is 70.2 cm³/mol. The van der Waals surface area contributed by atoms with Crippen molar-refractivity contribution in [3.63, 3.8) is 0 Å². The molecular formula is C13H28N2O2. The van der Waals surface area contributed by atoms with Gasteiger partial charge >= 0.3 is 0 Å². The Morgan fingerprint density at radius 1 is 1.18 bits per heavy atom. The minimum atomic E-state index is 0.415. The van der Waals surface area contributed by atoms with Gasteiger partial charge in [0.1, 0.15) is 0 Å². The SMILES string of the molecule is COCCOCCCCNC1CCCC(N)C1. The lowest BCUT2D eigenvalue weighted by Crippen LogP contribution is -2.39. The third kappa shape index (κ3) is 7.71. The van der Waals surface area contributed by atoms with E-state index >= 15 is 0 Å². The van der Waals surface area contributed by atoms with Crippen LogP contribution in [0.1, 0.15) is 38.5 Å². The van der Waals surface area contributed by atoms with Crippen molar-refractivity contribution in [1.82, 2.24) is 5.32 Å². The molecule has 4 nitrogen and oxygen atoms in total. The number of hydrogen-bond donors (Lipinski definition) is 2. The van der Waals surface area contributed by atoms with E-state index in [1.54, 1.807) is 7.11 Å². The Morgan fingerprint density at radius 3 is 2.82 bits per heavy atom. The van der Waals surface area contributed by atoms with Crippen molar-refractivity contribution >= 4 is 0 Å². The lowest BCUT2D eigenvalue weighted by atomic mass is 9.91. The number of unbranched alkanes of at least 4 members (excludes halogenated alkanes) is 1. The van der Waals surface area contributed by atoms with Crippen LogP contribution in [-0.4, -0.2) is 45.6 Å². The Bertz CT molecular complexity index is 179. The molecule has 2 atom stereocenters. The van der Waals surface area contributed by atoms with Gasteiger partial charge in [0.25, 0.3) is 0 Å². The minimum absolute atomic E-state index is 0.415. The maximum Gasteiger partial charge on any atom is 0.0700 e. The van der Waals surface area contributed by atoms with Crippen molar-refractivity contribution in [1.29, 1.82) is 0 Å². The average molecular weight is 244 g/mol. The van der Waals surface area contributed by atoms with E-state index < -0.39 is 0 Å². The Morgan fingerprint density at radius 2 is 2.06 bits per heavy atom. The van der Waals surface area contributed by atoms with Crippen LogP contribution in [0.15, 0.2) is 0 Å². The van der Waals surface area contributed by atoms with Crippen LogP contribution in [0.25, 0.3) is 0 Å². The summed E-state index contributed by atoms with van der Waals surface area (Å²) < 4.78 is 10.3. The number of methoxy groups -OCH3 is 1. The van der Waals surface area contributed by atoms with E-state index in [2.05, 4.69) is 5.32 Å². The average Bonchev–Trinajstić information content (AvgIpc) is 2.33. The Kier molecular flexibility index (Phi) is 8.61. The van der Waals surface area contributed by atoms with Gasteiger partial charge in [-0.15, -0.1) is 0 Å². The van der Waals surface area contributed by atoms with Gasteiger partial charge in [0.05, 0.1) is 13.2 Å². The van der Waals surface area contributed by atoms with Crippen LogP contribution >= 0.6 is 0 Å². The Balaban J connectivity index is 1.83. The molecule has 0 heterocycles. The molecule has 17 heavy (non-hydrogen) atoms. The normalized spacial score (nSPS) is 25.1. The summed E-state index contributed by atoms with van der Waals surface area (Å²) in [7, 11) is 1.70. The first-order chi connectivity index (χ1) is 8.33. The van der Waals surface area contributed by atoms with Crippen molar-refractivity contribution in [2.75, 3.05) is 33.5 Å². The largest absolute Gasteiger partial charge is 0.382 e. The first kappa shape index (κ1) is 14.9. The van der Waals surface area contributed by atoms with E-state index in [0.717, 1.165) is 26.0 Å². The number of hydrogen-bond acceptors (Lipinski definition) is 4. The summed E-state index contributed by atoms with van der Waals surface area (Å²) in [5, 5.41) is 3.59. The van der Waals surface area contributed by atoms with Crippen LogP contribution in [0.3, 0.4) is 0 Å². The molecule has 0 spiro atoms. The molecule has 1 rings (SSSR count). The van der Waals surface area contributed by atoms with Gasteiger partial charge in [0.2, 0.25) is 0 Å². The van der Waals surface area contributed by atoms with Gasteiger partial charge in [0.15, 0.2) is 0 Å². The summed E-state index contributed by atoms with van der Waals surface area (Å²) in [4.78, 5) is 0. The zero-order chi connectivity index (χ0) is 12.3. The molecule has 1 aliphatic rings. The minimum Gasteiger partial charge on any atom is -0.382 e. The van der Waals surface area contributed by atoms with Crippen molar-refractivity contribution in [2.45, 2.75) is 50.6 Å². The number of ether oxygens (including phenoxy) is 2. The Hall–Kier alpha value is -0.160. The van der Waals surface area contributed by atoms with Crippen molar-refractivity contribution in [3.05, 3.63) is 0 Å². The van der Waals surface area contributed by atoms with Crippen LogP contribution in [0.4, 0.5) is 0 Å². The Labute approximate surface area is 105 Å². The van der Waals surface area contributed by atoms with E-state index in [9.17, 15) is 0 Å². The van der Waals surface area contributed by atoms with Crippen LogP contribution in [0.5, 0.6) is 0 Å². The summed E-state index contributed by atoms with van der Waals surface area (Å²) in [6.45, 7) is 3.33. The fourth-order valence-corrected chi connectivity index (χ4v) is 2.29. The topological polar surface area (TPSA) is 56.5 Å². The van der Waals surface area contributed by atoms with E-state index in [4.69, 9.17) is 15.2 Å². The first-order valence-corrected chi connectivity index (χ1v) is 6.88. The summed E-state index contributed by atoms with van der Waals surface area (Å²) in [6, 6.07) is 1.06. The molecule has 0 aromatic carbocycles. The standard InChI is InChI=1S/C13H28N2O2/c1-16-9-10-17-8-3-2-7-15-13-6-4-5-12(14)11-13/h12-13,15H,2-11,14H2,1H3. The second-order valence-corrected chi connectivity index (χ2v) is 4.89. The zero-order valence-electron chi connectivity index (χ0n) is 11.1. The zero-order valence-corrected chi connectivity index (χ0v) is 11.1. The maximum atomic E-state index is 5.95. The van der Waals surface area contributed by atoms with Crippen molar-refractivity contribution in [3.8, 4) is 0 Å². The summed E-state index contributed by atoms with van der Waals surface area (Å²) >= 11 is 0. The summed E-state index contributed by atoms with van der Waals surface area (Å²) in [6.07, 6.45) is 7.21.